The Hall–Kier alpha value is -3.53. The van der Waals surface area contributed by atoms with E-state index in [9.17, 15) is 9.59 Å². The fourth-order valence-corrected chi connectivity index (χ4v) is 2.47. The Morgan fingerprint density at radius 2 is 2.00 bits per heavy atom. The van der Waals surface area contributed by atoms with Crippen LogP contribution >= 0.6 is 0 Å². The highest BCUT2D eigenvalue weighted by atomic mass is 16.5. The number of nitrogens with one attached hydrogen (secondary N) is 2. The smallest absolute Gasteiger partial charge is 0.321 e. The Kier molecular flexibility index (Phi) is 4.81. The lowest BCUT2D eigenvalue weighted by molar-refractivity contribution is -0.118. The number of rotatable bonds is 5. The maximum Gasteiger partial charge on any atom is 0.321 e. The summed E-state index contributed by atoms with van der Waals surface area (Å²) in [4.78, 5) is 25.2. The SMILES string of the molecule is N#Cc1ccccc1OCC(=O)Nc1ccc(N2CCNC2=O)cc1. The number of carbonyl (C=O) groups excluding carboxylic acids is 2. The zero-order chi connectivity index (χ0) is 17.6. The van der Waals surface area contributed by atoms with Gasteiger partial charge in [0.15, 0.2) is 6.61 Å². The molecule has 3 amide bonds. The molecule has 0 radical (unpaired) electrons. The Labute approximate surface area is 144 Å². The number of anilines is 2. The number of benzene rings is 2. The van der Waals surface area contributed by atoms with E-state index in [2.05, 4.69) is 10.6 Å². The first-order chi connectivity index (χ1) is 12.2. The van der Waals surface area contributed by atoms with Crippen molar-refractivity contribution < 1.29 is 14.3 Å². The van der Waals surface area contributed by atoms with E-state index in [0.29, 0.717) is 30.1 Å². The molecule has 1 heterocycles. The van der Waals surface area contributed by atoms with Crippen LogP contribution in [0.25, 0.3) is 0 Å². The van der Waals surface area contributed by atoms with Gasteiger partial charge < -0.3 is 15.4 Å². The number of ether oxygens (including phenoxy) is 1. The monoisotopic (exact) mass is 336 g/mol. The van der Waals surface area contributed by atoms with Gasteiger partial charge in [0.2, 0.25) is 0 Å². The maximum absolute atomic E-state index is 12.0. The predicted octanol–water partition coefficient (Wildman–Crippen LogP) is 2.11. The van der Waals surface area contributed by atoms with Crippen LogP contribution in [-0.2, 0) is 4.79 Å². The first-order valence-electron chi connectivity index (χ1n) is 7.74. The Morgan fingerprint density at radius 1 is 1.24 bits per heavy atom. The fourth-order valence-electron chi connectivity index (χ4n) is 2.47. The van der Waals surface area contributed by atoms with E-state index in [1.54, 1.807) is 53.4 Å². The molecule has 0 aliphatic carbocycles. The summed E-state index contributed by atoms with van der Waals surface area (Å²) in [6, 6.07) is 15.6. The molecule has 126 valence electrons. The number of hydrogen-bond donors (Lipinski definition) is 2. The highest BCUT2D eigenvalue weighted by Gasteiger charge is 2.20. The van der Waals surface area contributed by atoms with Gasteiger partial charge in [-0.15, -0.1) is 0 Å². The van der Waals surface area contributed by atoms with E-state index >= 15 is 0 Å². The summed E-state index contributed by atoms with van der Waals surface area (Å²) >= 11 is 0. The summed E-state index contributed by atoms with van der Waals surface area (Å²) in [7, 11) is 0. The predicted molar refractivity (Wildman–Crippen MR) is 92.5 cm³/mol. The van der Waals surface area contributed by atoms with Gasteiger partial charge in [-0.1, -0.05) is 12.1 Å². The zero-order valence-electron chi connectivity index (χ0n) is 13.4. The van der Waals surface area contributed by atoms with Crippen molar-refractivity contribution in [3.05, 3.63) is 54.1 Å². The third-order valence-corrected chi connectivity index (χ3v) is 3.69. The molecule has 0 bridgehead atoms. The Morgan fingerprint density at radius 3 is 2.68 bits per heavy atom. The van der Waals surface area contributed by atoms with Crippen molar-refractivity contribution in [3.63, 3.8) is 0 Å². The summed E-state index contributed by atoms with van der Waals surface area (Å²) in [6.45, 7) is 1.05. The van der Waals surface area contributed by atoms with Crippen LogP contribution in [0.3, 0.4) is 0 Å². The van der Waals surface area contributed by atoms with Gasteiger partial charge in [-0.2, -0.15) is 5.26 Å². The first kappa shape index (κ1) is 16.3. The molecule has 1 saturated heterocycles. The fraction of sp³-hybridized carbons (Fsp3) is 0.167. The molecule has 0 saturated carbocycles. The van der Waals surface area contributed by atoms with Crippen molar-refractivity contribution >= 4 is 23.3 Å². The highest BCUT2D eigenvalue weighted by Crippen LogP contribution is 2.20. The van der Waals surface area contributed by atoms with Crippen LogP contribution < -0.4 is 20.3 Å². The standard InChI is InChI=1S/C18H16N4O3/c19-11-13-3-1-2-4-16(13)25-12-17(23)21-14-5-7-15(8-6-14)22-10-9-20-18(22)24/h1-8H,9-10,12H2,(H,20,24)(H,21,23). The molecule has 1 aliphatic rings. The average molecular weight is 336 g/mol. The molecule has 2 N–H and O–H groups in total. The maximum atomic E-state index is 12.0. The second-order valence-corrected chi connectivity index (χ2v) is 5.38. The molecule has 0 aromatic heterocycles. The first-order valence-corrected chi connectivity index (χ1v) is 7.74. The van der Waals surface area contributed by atoms with E-state index in [1.165, 1.54) is 0 Å². The lowest BCUT2D eigenvalue weighted by Gasteiger charge is -2.14. The minimum Gasteiger partial charge on any atom is -0.482 e. The molecule has 1 fully saturated rings. The highest BCUT2D eigenvalue weighted by molar-refractivity contribution is 5.95. The van der Waals surface area contributed by atoms with Crippen LogP contribution in [-0.4, -0.2) is 31.6 Å². The number of hydrogen-bond acceptors (Lipinski definition) is 4. The van der Waals surface area contributed by atoms with E-state index in [0.717, 1.165) is 5.69 Å². The van der Waals surface area contributed by atoms with Gasteiger partial charge in [0.25, 0.3) is 5.91 Å². The number of carbonyl (C=O) groups is 2. The third kappa shape index (κ3) is 3.87. The van der Waals surface area contributed by atoms with Crippen LogP contribution in [0.5, 0.6) is 5.75 Å². The van der Waals surface area contributed by atoms with Gasteiger partial charge >= 0.3 is 6.03 Å². The van der Waals surface area contributed by atoms with Crippen LogP contribution in [0.15, 0.2) is 48.5 Å². The van der Waals surface area contributed by atoms with Gasteiger partial charge in [-0.05, 0) is 36.4 Å². The van der Waals surface area contributed by atoms with Gasteiger partial charge in [0, 0.05) is 24.5 Å². The molecule has 25 heavy (non-hydrogen) atoms. The van der Waals surface area contributed by atoms with E-state index in [4.69, 9.17) is 10.00 Å². The second kappa shape index (κ2) is 7.36. The second-order valence-electron chi connectivity index (χ2n) is 5.38. The van der Waals surface area contributed by atoms with Crippen molar-refractivity contribution in [2.45, 2.75) is 0 Å². The number of urea groups is 1. The number of amides is 3. The van der Waals surface area contributed by atoms with E-state index in [1.807, 2.05) is 6.07 Å². The van der Waals surface area contributed by atoms with Crippen LogP contribution in [0.4, 0.5) is 16.2 Å². The topological polar surface area (TPSA) is 94.5 Å². The molecule has 7 heteroatoms. The molecular formula is C18H16N4O3. The molecule has 0 atom stereocenters. The molecule has 7 nitrogen and oxygen atoms in total. The lowest BCUT2D eigenvalue weighted by atomic mass is 10.2. The number of nitriles is 1. The van der Waals surface area contributed by atoms with Crippen LogP contribution in [0, 0.1) is 11.3 Å². The van der Waals surface area contributed by atoms with Crippen molar-refractivity contribution in [2.75, 3.05) is 29.9 Å². The third-order valence-electron chi connectivity index (χ3n) is 3.69. The summed E-state index contributed by atoms with van der Waals surface area (Å²) in [5.41, 5.74) is 1.75. The quantitative estimate of drug-likeness (QED) is 0.874. The summed E-state index contributed by atoms with van der Waals surface area (Å²) in [6.07, 6.45) is 0. The normalized spacial score (nSPS) is 13.1. The zero-order valence-corrected chi connectivity index (χ0v) is 13.4. The van der Waals surface area contributed by atoms with Crippen molar-refractivity contribution in [1.29, 1.82) is 5.26 Å². The number of nitrogens with zero attached hydrogens (tertiary/aromatic N) is 2. The molecule has 0 unspecified atom stereocenters. The van der Waals surface area contributed by atoms with Crippen LogP contribution in [0.2, 0.25) is 0 Å². The van der Waals surface area contributed by atoms with Crippen LogP contribution in [0.1, 0.15) is 5.56 Å². The van der Waals surface area contributed by atoms with Crippen molar-refractivity contribution in [3.8, 4) is 11.8 Å². The summed E-state index contributed by atoms with van der Waals surface area (Å²) in [5, 5.41) is 14.4. The average Bonchev–Trinajstić information content (AvgIpc) is 3.07. The van der Waals surface area contributed by atoms with Gasteiger partial charge in [-0.3, -0.25) is 9.69 Å². The molecule has 3 rings (SSSR count). The van der Waals surface area contributed by atoms with E-state index in [-0.39, 0.29) is 18.5 Å². The Balaban J connectivity index is 1.56. The van der Waals surface area contributed by atoms with Gasteiger partial charge in [0.05, 0.1) is 5.56 Å². The largest absolute Gasteiger partial charge is 0.482 e. The van der Waals surface area contributed by atoms with Crippen molar-refractivity contribution in [2.24, 2.45) is 0 Å². The van der Waals surface area contributed by atoms with E-state index < -0.39 is 0 Å². The number of para-hydroxylation sites is 1. The van der Waals surface area contributed by atoms with Crippen molar-refractivity contribution in [1.82, 2.24) is 5.32 Å². The molecule has 2 aromatic rings. The summed E-state index contributed by atoms with van der Waals surface area (Å²) < 4.78 is 5.39. The molecule has 2 aromatic carbocycles. The molecule has 1 aliphatic heterocycles. The minimum atomic E-state index is -0.334. The molecule has 0 spiro atoms. The minimum absolute atomic E-state index is 0.124. The van der Waals surface area contributed by atoms with Gasteiger partial charge in [-0.25, -0.2) is 4.79 Å². The summed E-state index contributed by atoms with van der Waals surface area (Å²) in [5.74, 6) is 0.0370. The lowest BCUT2D eigenvalue weighted by Crippen LogP contribution is -2.27. The Bertz CT molecular complexity index is 827. The van der Waals surface area contributed by atoms with Gasteiger partial charge in [0.1, 0.15) is 11.8 Å². The molecular weight excluding hydrogens is 320 g/mol.